The summed E-state index contributed by atoms with van der Waals surface area (Å²) in [5.74, 6) is -0.830. The maximum absolute atomic E-state index is 12.4. The molecule has 0 fully saturated rings. The molecule has 284 valence electrons. The third kappa shape index (κ3) is 34.6. The fourth-order valence-electron chi connectivity index (χ4n) is 5.45. The van der Waals surface area contributed by atoms with Crippen molar-refractivity contribution >= 4 is 19.8 Å². The normalized spacial score (nSPS) is 13.5. The molecule has 0 saturated carbocycles. The first kappa shape index (κ1) is 46.8. The minimum atomic E-state index is -4.36. The summed E-state index contributed by atoms with van der Waals surface area (Å²) in [7, 11) is -4.36. The number of carbonyl (C=O) groups excluding carboxylic acids is 2. The van der Waals surface area contributed by atoms with Gasteiger partial charge in [-0.3, -0.25) is 18.6 Å². The van der Waals surface area contributed by atoms with Gasteiger partial charge in [-0.25, -0.2) is 4.57 Å². The van der Waals surface area contributed by atoms with Crippen molar-refractivity contribution in [2.24, 2.45) is 5.73 Å². The van der Waals surface area contributed by atoms with Crippen molar-refractivity contribution in [1.29, 1.82) is 0 Å². The van der Waals surface area contributed by atoms with E-state index in [0.29, 0.717) is 6.42 Å². The first-order valence-corrected chi connectivity index (χ1v) is 21.2. The molecule has 0 heterocycles. The number of allylic oxidation sites excluding steroid dienone is 2. The Hall–Kier alpha value is -1.25. The van der Waals surface area contributed by atoms with Gasteiger partial charge in [-0.2, -0.15) is 0 Å². The molecule has 10 heteroatoms. The number of ether oxygens (including phenoxy) is 2. The smallest absolute Gasteiger partial charge is 0.462 e. The summed E-state index contributed by atoms with van der Waals surface area (Å²) in [6.07, 6.45) is 34.0. The van der Waals surface area contributed by atoms with Crippen molar-refractivity contribution < 1.29 is 37.6 Å². The quantitative estimate of drug-likeness (QED) is 0.0280. The number of unbranched alkanes of at least 4 members (excludes halogenated alkanes) is 22. The van der Waals surface area contributed by atoms with Gasteiger partial charge in [0.2, 0.25) is 0 Å². The average molecular weight is 704 g/mol. The molecule has 0 aromatic carbocycles. The molecule has 3 N–H and O–H groups in total. The fourth-order valence-corrected chi connectivity index (χ4v) is 6.22. The van der Waals surface area contributed by atoms with Crippen LogP contribution in [0, 0.1) is 0 Å². The Morgan fingerprint density at radius 2 is 1.02 bits per heavy atom. The highest BCUT2D eigenvalue weighted by atomic mass is 31.2. The predicted octanol–water partition coefficient (Wildman–Crippen LogP) is 10.7. The van der Waals surface area contributed by atoms with Gasteiger partial charge >= 0.3 is 19.8 Å². The van der Waals surface area contributed by atoms with Gasteiger partial charge in [0.15, 0.2) is 6.10 Å². The first-order chi connectivity index (χ1) is 23.3. The van der Waals surface area contributed by atoms with Crippen LogP contribution in [0.3, 0.4) is 0 Å². The summed E-state index contributed by atoms with van der Waals surface area (Å²) in [4.78, 5) is 34.6. The zero-order valence-electron chi connectivity index (χ0n) is 31.0. The third-order valence-electron chi connectivity index (χ3n) is 8.40. The van der Waals surface area contributed by atoms with Crippen molar-refractivity contribution in [1.82, 2.24) is 0 Å². The highest BCUT2D eigenvalue weighted by Crippen LogP contribution is 2.43. The van der Waals surface area contributed by atoms with Crippen LogP contribution in [0.5, 0.6) is 0 Å². The Kier molecular flexibility index (Phi) is 34.6. The van der Waals surface area contributed by atoms with Crippen LogP contribution in [0.1, 0.15) is 187 Å². The van der Waals surface area contributed by atoms with Gasteiger partial charge < -0.3 is 20.1 Å². The summed E-state index contributed by atoms with van der Waals surface area (Å²) in [6, 6.07) is 0. The highest BCUT2D eigenvalue weighted by Gasteiger charge is 2.25. The molecule has 0 spiro atoms. The molecule has 0 rings (SSSR count). The maximum Gasteiger partial charge on any atom is 0.472 e. The van der Waals surface area contributed by atoms with Gasteiger partial charge in [-0.1, -0.05) is 148 Å². The number of hydrogen-bond donors (Lipinski definition) is 2. The monoisotopic (exact) mass is 704 g/mol. The lowest BCUT2D eigenvalue weighted by Crippen LogP contribution is -2.29. The Balaban J connectivity index is 4.06. The van der Waals surface area contributed by atoms with E-state index in [1.807, 2.05) is 0 Å². The second-order valence-corrected chi connectivity index (χ2v) is 14.6. The third-order valence-corrected chi connectivity index (χ3v) is 9.39. The summed E-state index contributed by atoms with van der Waals surface area (Å²) < 4.78 is 32.6. The molecule has 0 aromatic heterocycles. The lowest BCUT2D eigenvalue weighted by Gasteiger charge is -2.19. The minimum Gasteiger partial charge on any atom is -0.462 e. The average Bonchev–Trinajstić information content (AvgIpc) is 3.07. The first-order valence-electron chi connectivity index (χ1n) is 19.7. The topological polar surface area (TPSA) is 134 Å². The number of rotatable bonds is 37. The summed E-state index contributed by atoms with van der Waals surface area (Å²) in [5.41, 5.74) is 5.32. The predicted molar refractivity (Wildman–Crippen MR) is 197 cm³/mol. The van der Waals surface area contributed by atoms with E-state index in [2.05, 4.69) is 26.0 Å². The molecule has 0 aliphatic carbocycles. The van der Waals surface area contributed by atoms with E-state index in [4.69, 9.17) is 24.3 Å². The SMILES string of the molecule is CCCCCCCC/C=C/CCCCCCCCCCCC(=O)OC[C@@H](COP(=O)(O)OCCN)OC(=O)CCCCCCCCCC. The van der Waals surface area contributed by atoms with Gasteiger partial charge in [0, 0.05) is 19.4 Å². The molecule has 0 amide bonds. The Bertz CT molecular complexity index is 810. The minimum absolute atomic E-state index is 0.0556. The van der Waals surface area contributed by atoms with E-state index in [9.17, 15) is 19.0 Å². The van der Waals surface area contributed by atoms with E-state index in [0.717, 1.165) is 38.5 Å². The standard InChI is InChI=1S/C38H74NO8P/c1-3-5-7-9-11-13-14-15-16-17-18-19-20-21-22-23-25-26-28-30-37(40)44-34-36(35-46-48(42,43)45-33-32-39)47-38(41)31-29-27-24-12-10-8-6-4-2/h15-16,36H,3-14,17-35,39H2,1-2H3,(H,42,43)/b16-15+/t36-/m0/s1. The summed E-state index contributed by atoms with van der Waals surface area (Å²) in [5, 5.41) is 0. The van der Waals surface area contributed by atoms with E-state index >= 15 is 0 Å². The molecule has 9 nitrogen and oxygen atoms in total. The Morgan fingerprint density at radius 1 is 0.604 bits per heavy atom. The van der Waals surface area contributed by atoms with E-state index in [-0.39, 0.29) is 38.6 Å². The molecule has 2 atom stereocenters. The Labute approximate surface area is 294 Å². The molecule has 0 bridgehead atoms. The van der Waals surface area contributed by atoms with Crippen LogP contribution in [0.2, 0.25) is 0 Å². The van der Waals surface area contributed by atoms with Crippen LogP contribution in [0.4, 0.5) is 0 Å². The van der Waals surface area contributed by atoms with Gasteiger partial charge in [0.25, 0.3) is 0 Å². The molecule has 0 saturated heterocycles. The number of hydrogen-bond acceptors (Lipinski definition) is 8. The summed E-state index contributed by atoms with van der Waals surface area (Å²) >= 11 is 0. The van der Waals surface area contributed by atoms with Crippen LogP contribution in [0.25, 0.3) is 0 Å². The largest absolute Gasteiger partial charge is 0.472 e. The van der Waals surface area contributed by atoms with Crippen LogP contribution in [-0.4, -0.2) is 49.3 Å². The lowest BCUT2D eigenvalue weighted by atomic mass is 10.1. The molecule has 0 radical (unpaired) electrons. The molecular formula is C38H74NO8P. The van der Waals surface area contributed by atoms with E-state index < -0.39 is 26.5 Å². The van der Waals surface area contributed by atoms with Gasteiger partial charge in [-0.05, 0) is 38.5 Å². The van der Waals surface area contributed by atoms with Gasteiger partial charge in [0.1, 0.15) is 6.61 Å². The van der Waals surface area contributed by atoms with Crippen LogP contribution in [0.15, 0.2) is 12.2 Å². The number of nitrogens with two attached hydrogens (primary N) is 1. The number of phosphoric ester groups is 1. The van der Waals surface area contributed by atoms with Crippen LogP contribution in [-0.2, 0) is 32.7 Å². The van der Waals surface area contributed by atoms with Gasteiger partial charge in [-0.15, -0.1) is 0 Å². The van der Waals surface area contributed by atoms with Crippen molar-refractivity contribution in [3.8, 4) is 0 Å². The Morgan fingerprint density at radius 3 is 1.48 bits per heavy atom. The number of esters is 2. The van der Waals surface area contributed by atoms with E-state index in [1.54, 1.807) is 0 Å². The maximum atomic E-state index is 12.4. The zero-order chi connectivity index (χ0) is 35.4. The van der Waals surface area contributed by atoms with Crippen LogP contribution < -0.4 is 5.73 Å². The molecule has 1 unspecified atom stereocenters. The second-order valence-electron chi connectivity index (χ2n) is 13.2. The molecule has 48 heavy (non-hydrogen) atoms. The van der Waals surface area contributed by atoms with Crippen LogP contribution >= 0.6 is 7.82 Å². The fraction of sp³-hybridized carbons (Fsp3) is 0.895. The molecule has 0 aliphatic heterocycles. The zero-order valence-corrected chi connectivity index (χ0v) is 31.9. The molecular weight excluding hydrogens is 629 g/mol. The van der Waals surface area contributed by atoms with E-state index in [1.165, 1.54) is 116 Å². The van der Waals surface area contributed by atoms with Gasteiger partial charge in [0.05, 0.1) is 13.2 Å². The van der Waals surface area contributed by atoms with Crippen molar-refractivity contribution in [3.63, 3.8) is 0 Å². The van der Waals surface area contributed by atoms with Crippen molar-refractivity contribution in [2.45, 2.75) is 193 Å². The lowest BCUT2D eigenvalue weighted by molar-refractivity contribution is -0.161. The number of phosphoric acid groups is 1. The molecule has 0 aromatic rings. The van der Waals surface area contributed by atoms with Crippen molar-refractivity contribution in [3.05, 3.63) is 12.2 Å². The van der Waals surface area contributed by atoms with Crippen molar-refractivity contribution in [2.75, 3.05) is 26.4 Å². The second kappa shape index (κ2) is 35.6. The summed E-state index contributed by atoms with van der Waals surface area (Å²) in [6.45, 7) is 3.69. The molecule has 0 aliphatic rings. The number of carbonyl (C=O) groups is 2. The highest BCUT2D eigenvalue weighted by molar-refractivity contribution is 7.47.